The van der Waals surface area contributed by atoms with E-state index in [1.807, 2.05) is 11.3 Å². The van der Waals surface area contributed by atoms with Crippen LogP contribution in [0.2, 0.25) is 0 Å². The van der Waals surface area contributed by atoms with Gasteiger partial charge in [-0.25, -0.2) is 0 Å². The van der Waals surface area contributed by atoms with Gasteiger partial charge in [0.15, 0.2) is 0 Å². The molecule has 0 bridgehead atoms. The van der Waals surface area contributed by atoms with Crippen LogP contribution in [0.15, 0.2) is 0 Å². The van der Waals surface area contributed by atoms with Crippen LogP contribution >= 0.6 is 11.3 Å². The van der Waals surface area contributed by atoms with Gasteiger partial charge in [-0.15, -0.1) is 21.5 Å². The maximum absolute atomic E-state index is 4.34. The number of nitrogens with zero attached hydrogens (tertiary/aromatic N) is 2. The predicted molar refractivity (Wildman–Crippen MR) is 56.7 cm³/mol. The van der Waals surface area contributed by atoms with E-state index in [0.717, 1.165) is 13.1 Å². The van der Waals surface area contributed by atoms with Gasteiger partial charge in [0.1, 0.15) is 10.0 Å². The molecular weight excluding hydrogens is 194 g/mol. The molecule has 1 unspecified atom stereocenters. The van der Waals surface area contributed by atoms with E-state index in [1.54, 1.807) is 0 Å². The number of hydrogen-bond donors (Lipinski definition) is 1. The smallest absolute Gasteiger partial charge is 0.123 e. The second-order valence-corrected chi connectivity index (χ2v) is 5.70. The second kappa shape index (κ2) is 3.00. The number of rotatable bonds is 2. The van der Waals surface area contributed by atoms with Crippen LogP contribution in [0.5, 0.6) is 0 Å². The first-order chi connectivity index (χ1) is 6.78. The summed E-state index contributed by atoms with van der Waals surface area (Å²) >= 11 is 1.84. The highest BCUT2D eigenvalue weighted by molar-refractivity contribution is 7.11. The van der Waals surface area contributed by atoms with E-state index in [9.17, 15) is 0 Å². The van der Waals surface area contributed by atoms with Gasteiger partial charge in [-0.1, -0.05) is 6.92 Å². The van der Waals surface area contributed by atoms with Crippen molar-refractivity contribution < 1.29 is 0 Å². The summed E-state index contributed by atoms with van der Waals surface area (Å²) in [5.41, 5.74) is 0.391. The van der Waals surface area contributed by atoms with E-state index in [-0.39, 0.29) is 0 Å². The normalized spacial score (nSPS) is 29.4. The van der Waals surface area contributed by atoms with Crippen LogP contribution in [0.25, 0.3) is 0 Å². The summed E-state index contributed by atoms with van der Waals surface area (Å²) < 4.78 is 0. The Balaban J connectivity index is 1.82. The fourth-order valence-electron chi connectivity index (χ4n) is 1.91. The number of hydrogen-bond acceptors (Lipinski definition) is 4. The highest BCUT2D eigenvalue weighted by Gasteiger charge is 2.42. The minimum Gasteiger partial charge on any atom is -0.316 e. The van der Waals surface area contributed by atoms with Crippen LogP contribution in [0.4, 0.5) is 0 Å². The topological polar surface area (TPSA) is 37.8 Å². The molecule has 0 radical (unpaired) electrons. The molecule has 0 aromatic carbocycles. The Morgan fingerprint density at radius 2 is 2.29 bits per heavy atom. The molecule has 1 saturated carbocycles. The van der Waals surface area contributed by atoms with Gasteiger partial charge in [0, 0.05) is 17.9 Å². The summed E-state index contributed by atoms with van der Waals surface area (Å²) in [7, 11) is 0. The quantitative estimate of drug-likeness (QED) is 0.805. The zero-order valence-electron chi connectivity index (χ0n) is 8.42. The molecule has 1 aliphatic heterocycles. The average molecular weight is 209 g/mol. The third kappa shape index (κ3) is 1.37. The van der Waals surface area contributed by atoms with Crippen LogP contribution in [-0.4, -0.2) is 23.3 Å². The zero-order chi connectivity index (χ0) is 9.60. The molecule has 1 saturated heterocycles. The van der Waals surface area contributed by atoms with Crippen molar-refractivity contribution in [2.75, 3.05) is 13.1 Å². The first-order valence-electron chi connectivity index (χ1n) is 5.32. The van der Waals surface area contributed by atoms with Gasteiger partial charge in [0.2, 0.25) is 0 Å². The standard InChI is InChI=1S/C10H15N3S/c1-10(3-4-10)9-13-12-8(14-9)7-2-5-11-6-7/h7,11H,2-6H2,1H3. The minimum absolute atomic E-state index is 0.391. The lowest BCUT2D eigenvalue weighted by Crippen LogP contribution is -2.07. The molecule has 1 aromatic heterocycles. The Bertz CT molecular complexity index is 337. The van der Waals surface area contributed by atoms with Crippen LogP contribution in [0.3, 0.4) is 0 Å². The molecule has 3 nitrogen and oxygen atoms in total. The molecule has 2 aliphatic rings. The maximum Gasteiger partial charge on any atom is 0.123 e. The molecule has 1 aromatic rings. The number of aromatic nitrogens is 2. The van der Waals surface area contributed by atoms with E-state index in [2.05, 4.69) is 22.4 Å². The van der Waals surface area contributed by atoms with Crippen molar-refractivity contribution in [1.29, 1.82) is 0 Å². The van der Waals surface area contributed by atoms with Gasteiger partial charge in [-0.3, -0.25) is 0 Å². The first-order valence-corrected chi connectivity index (χ1v) is 6.14. The predicted octanol–water partition coefficient (Wildman–Crippen LogP) is 1.67. The van der Waals surface area contributed by atoms with Crippen molar-refractivity contribution in [1.82, 2.24) is 15.5 Å². The molecule has 1 aliphatic carbocycles. The average Bonchev–Trinajstić information content (AvgIpc) is 2.73. The molecule has 0 spiro atoms. The van der Waals surface area contributed by atoms with Crippen molar-refractivity contribution in [3.05, 3.63) is 10.0 Å². The Morgan fingerprint density at radius 1 is 1.43 bits per heavy atom. The van der Waals surface area contributed by atoms with Crippen LogP contribution in [0, 0.1) is 0 Å². The second-order valence-electron chi connectivity index (χ2n) is 4.70. The highest BCUT2D eigenvalue weighted by atomic mass is 32.1. The highest BCUT2D eigenvalue weighted by Crippen LogP contribution is 2.49. The molecule has 14 heavy (non-hydrogen) atoms. The van der Waals surface area contributed by atoms with Gasteiger partial charge in [-0.05, 0) is 25.8 Å². The lowest BCUT2D eigenvalue weighted by Gasteiger charge is -2.01. The van der Waals surface area contributed by atoms with Crippen molar-refractivity contribution in [3.8, 4) is 0 Å². The Hall–Kier alpha value is -0.480. The lowest BCUT2D eigenvalue weighted by molar-refractivity contribution is 0.722. The fraction of sp³-hybridized carbons (Fsp3) is 0.800. The van der Waals surface area contributed by atoms with E-state index < -0.39 is 0 Å². The van der Waals surface area contributed by atoms with Crippen LogP contribution in [0.1, 0.15) is 42.1 Å². The molecule has 0 amide bonds. The molecule has 3 rings (SSSR count). The molecule has 76 valence electrons. The van der Waals surface area contributed by atoms with Gasteiger partial charge in [0.05, 0.1) is 0 Å². The molecule has 2 heterocycles. The summed E-state index contributed by atoms with van der Waals surface area (Å²) in [6, 6.07) is 0. The van der Waals surface area contributed by atoms with E-state index in [1.165, 1.54) is 29.3 Å². The summed E-state index contributed by atoms with van der Waals surface area (Å²) in [5, 5.41) is 14.6. The van der Waals surface area contributed by atoms with Crippen molar-refractivity contribution in [2.24, 2.45) is 0 Å². The SMILES string of the molecule is CC1(c2nnc(C3CCNC3)s2)CC1. The minimum atomic E-state index is 0.391. The van der Waals surface area contributed by atoms with Gasteiger partial charge in [0.25, 0.3) is 0 Å². The van der Waals surface area contributed by atoms with Crippen LogP contribution < -0.4 is 5.32 Å². The Morgan fingerprint density at radius 3 is 2.93 bits per heavy atom. The van der Waals surface area contributed by atoms with Crippen molar-refractivity contribution in [2.45, 2.75) is 37.5 Å². The first kappa shape index (κ1) is 8.80. The lowest BCUT2D eigenvalue weighted by atomic mass is 10.1. The molecule has 1 atom stereocenters. The Labute approximate surface area is 87.9 Å². The van der Waals surface area contributed by atoms with Gasteiger partial charge < -0.3 is 5.32 Å². The third-order valence-corrected chi connectivity index (χ3v) is 4.76. The summed E-state index contributed by atoms with van der Waals surface area (Å²) in [4.78, 5) is 0. The Kier molecular flexibility index (Phi) is 1.89. The van der Waals surface area contributed by atoms with Crippen molar-refractivity contribution in [3.63, 3.8) is 0 Å². The number of nitrogens with one attached hydrogen (secondary N) is 1. The van der Waals surface area contributed by atoms with E-state index >= 15 is 0 Å². The molecular formula is C10H15N3S. The monoisotopic (exact) mass is 209 g/mol. The molecule has 1 N–H and O–H groups in total. The fourth-order valence-corrected chi connectivity index (χ4v) is 3.09. The van der Waals surface area contributed by atoms with Gasteiger partial charge >= 0.3 is 0 Å². The summed E-state index contributed by atoms with van der Waals surface area (Å²) in [6.07, 6.45) is 3.82. The molecule has 4 heteroatoms. The summed E-state index contributed by atoms with van der Waals surface area (Å²) in [5.74, 6) is 0.628. The molecule has 2 fully saturated rings. The zero-order valence-corrected chi connectivity index (χ0v) is 9.23. The van der Waals surface area contributed by atoms with Crippen LogP contribution in [-0.2, 0) is 5.41 Å². The van der Waals surface area contributed by atoms with Gasteiger partial charge in [-0.2, -0.15) is 0 Å². The largest absolute Gasteiger partial charge is 0.316 e. The van der Waals surface area contributed by atoms with E-state index in [4.69, 9.17) is 0 Å². The maximum atomic E-state index is 4.34. The third-order valence-electron chi connectivity index (χ3n) is 3.37. The van der Waals surface area contributed by atoms with Crippen molar-refractivity contribution >= 4 is 11.3 Å². The summed E-state index contributed by atoms with van der Waals surface area (Å²) in [6.45, 7) is 4.52. The van der Waals surface area contributed by atoms with E-state index in [0.29, 0.717) is 11.3 Å².